The van der Waals surface area contributed by atoms with Gasteiger partial charge < -0.3 is 15.7 Å². The van der Waals surface area contributed by atoms with Crippen LogP contribution in [-0.4, -0.2) is 42.2 Å². The van der Waals surface area contributed by atoms with E-state index in [0.717, 1.165) is 12.2 Å². The Morgan fingerprint density at radius 1 is 1.28 bits per heavy atom. The van der Waals surface area contributed by atoms with Crippen molar-refractivity contribution in [2.45, 2.75) is 26.7 Å². The summed E-state index contributed by atoms with van der Waals surface area (Å²) in [6, 6.07) is -0.219. The minimum Gasteiger partial charge on any atom is -0.481 e. The van der Waals surface area contributed by atoms with Crippen LogP contribution in [0.25, 0.3) is 0 Å². The van der Waals surface area contributed by atoms with Gasteiger partial charge in [0.2, 0.25) is 0 Å². The average Bonchev–Trinajstić information content (AvgIpc) is 2.25. The first kappa shape index (κ1) is 17.1. The number of aliphatic carboxylic acids is 1. The van der Waals surface area contributed by atoms with E-state index in [2.05, 4.69) is 10.6 Å². The summed E-state index contributed by atoms with van der Waals surface area (Å²) in [6.45, 7) is 5.14. The molecule has 0 aromatic heterocycles. The minimum absolute atomic E-state index is 0.00574. The molecule has 0 rings (SSSR count). The quantitative estimate of drug-likeness (QED) is 0.561. The van der Waals surface area contributed by atoms with E-state index in [1.54, 1.807) is 11.8 Å². The lowest BCUT2D eigenvalue weighted by Crippen LogP contribution is -2.39. The van der Waals surface area contributed by atoms with E-state index < -0.39 is 5.97 Å². The largest absolute Gasteiger partial charge is 0.481 e. The van der Waals surface area contributed by atoms with Gasteiger partial charge in [-0.25, -0.2) is 4.79 Å². The van der Waals surface area contributed by atoms with Crippen LogP contribution in [0.15, 0.2) is 0 Å². The molecule has 0 aliphatic carbocycles. The lowest BCUT2D eigenvalue weighted by atomic mass is 9.94. The van der Waals surface area contributed by atoms with Crippen molar-refractivity contribution < 1.29 is 14.7 Å². The van der Waals surface area contributed by atoms with E-state index in [1.165, 1.54) is 0 Å². The molecule has 0 spiro atoms. The summed E-state index contributed by atoms with van der Waals surface area (Å²) < 4.78 is 0. The molecule has 0 saturated carbocycles. The van der Waals surface area contributed by atoms with Gasteiger partial charge in [-0.15, -0.1) is 0 Å². The zero-order chi connectivity index (χ0) is 14.0. The number of carboxylic acids is 1. The van der Waals surface area contributed by atoms with E-state index in [1.807, 2.05) is 20.1 Å². The Morgan fingerprint density at radius 2 is 1.94 bits per heavy atom. The number of carboxylic acid groups (broad SMARTS) is 1. The third-order valence-corrected chi connectivity index (χ3v) is 3.02. The molecule has 0 aromatic rings. The smallest absolute Gasteiger partial charge is 0.314 e. The Hall–Kier alpha value is -0.910. The van der Waals surface area contributed by atoms with Crippen LogP contribution >= 0.6 is 11.8 Å². The number of carbonyl (C=O) groups is 2. The maximum absolute atomic E-state index is 11.4. The van der Waals surface area contributed by atoms with Crippen molar-refractivity contribution in [1.29, 1.82) is 0 Å². The van der Waals surface area contributed by atoms with Gasteiger partial charge in [-0.2, -0.15) is 11.8 Å². The Balaban J connectivity index is 3.93. The molecule has 0 fully saturated rings. The van der Waals surface area contributed by atoms with E-state index in [0.29, 0.717) is 19.0 Å². The van der Waals surface area contributed by atoms with Gasteiger partial charge >= 0.3 is 12.0 Å². The molecule has 0 aliphatic heterocycles. The fourth-order valence-corrected chi connectivity index (χ4v) is 2.02. The molecule has 106 valence electrons. The molecule has 1 atom stereocenters. The van der Waals surface area contributed by atoms with Crippen molar-refractivity contribution in [2.75, 3.05) is 25.1 Å². The Bertz CT molecular complexity index is 260. The van der Waals surface area contributed by atoms with Crippen LogP contribution in [0.5, 0.6) is 0 Å². The highest BCUT2D eigenvalue weighted by atomic mass is 32.2. The molecular weight excluding hydrogens is 252 g/mol. The van der Waals surface area contributed by atoms with E-state index >= 15 is 0 Å². The number of thioether (sulfide) groups is 1. The Morgan fingerprint density at radius 3 is 2.44 bits per heavy atom. The fourth-order valence-electron chi connectivity index (χ4n) is 1.72. The van der Waals surface area contributed by atoms with Gasteiger partial charge in [0.25, 0.3) is 0 Å². The van der Waals surface area contributed by atoms with Gasteiger partial charge in [0.15, 0.2) is 0 Å². The highest BCUT2D eigenvalue weighted by Gasteiger charge is 2.15. The first-order valence-corrected chi connectivity index (χ1v) is 7.57. The summed E-state index contributed by atoms with van der Waals surface area (Å²) in [5.41, 5.74) is 0. The third-order valence-electron chi connectivity index (χ3n) is 2.41. The minimum atomic E-state index is -0.815. The molecule has 0 aromatic carbocycles. The van der Waals surface area contributed by atoms with E-state index in [-0.39, 0.29) is 18.4 Å². The van der Waals surface area contributed by atoms with Crippen molar-refractivity contribution in [2.24, 2.45) is 11.8 Å². The number of nitrogens with one attached hydrogen (secondary N) is 2. The summed E-state index contributed by atoms with van der Waals surface area (Å²) >= 11 is 1.66. The Labute approximate surface area is 113 Å². The van der Waals surface area contributed by atoms with Gasteiger partial charge in [-0.1, -0.05) is 13.8 Å². The first-order chi connectivity index (χ1) is 8.45. The fraction of sp³-hybridized carbons (Fsp3) is 0.833. The maximum atomic E-state index is 11.4. The molecule has 18 heavy (non-hydrogen) atoms. The van der Waals surface area contributed by atoms with E-state index in [4.69, 9.17) is 5.11 Å². The number of hydrogen-bond acceptors (Lipinski definition) is 3. The number of rotatable bonds is 9. The van der Waals surface area contributed by atoms with Gasteiger partial charge in [0.05, 0.1) is 0 Å². The lowest BCUT2D eigenvalue weighted by Gasteiger charge is -2.18. The molecule has 6 heteroatoms. The van der Waals surface area contributed by atoms with Gasteiger partial charge in [0.1, 0.15) is 0 Å². The maximum Gasteiger partial charge on any atom is 0.314 e. The van der Waals surface area contributed by atoms with Crippen molar-refractivity contribution in [3.8, 4) is 0 Å². The number of urea groups is 1. The molecule has 0 unspecified atom stereocenters. The van der Waals surface area contributed by atoms with Gasteiger partial charge in [0, 0.05) is 25.3 Å². The zero-order valence-electron chi connectivity index (χ0n) is 11.4. The SMILES string of the molecule is CSCCNC(=O)NC[C@H](CC(=O)O)CC(C)C. The van der Waals surface area contributed by atoms with Crippen LogP contribution in [0, 0.1) is 11.8 Å². The molecule has 0 heterocycles. The van der Waals surface area contributed by atoms with Crippen molar-refractivity contribution in [1.82, 2.24) is 10.6 Å². The second kappa shape index (κ2) is 10.1. The van der Waals surface area contributed by atoms with E-state index in [9.17, 15) is 9.59 Å². The van der Waals surface area contributed by atoms with Crippen molar-refractivity contribution in [3.05, 3.63) is 0 Å². The predicted octanol–water partition coefficient (Wildman–Crippen LogP) is 1.79. The number of hydrogen-bond donors (Lipinski definition) is 3. The third kappa shape index (κ3) is 10.3. The van der Waals surface area contributed by atoms with Crippen LogP contribution in [-0.2, 0) is 4.79 Å². The topological polar surface area (TPSA) is 78.4 Å². The molecule has 0 saturated heterocycles. The average molecular weight is 276 g/mol. The molecule has 0 aliphatic rings. The predicted molar refractivity (Wildman–Crippen MR) is 75.0 cm³/mol. The Kier molecular flexibility index (Phi) is 9.55. The highest BCUT2D eigenvalue weighted by molar-refractivity contribution is 7.98. The van der Waals surface area contributed by atoms with Crippen LogP contribution in [0.1, 0.15) is 26.7 Å². The van der Waals surface area contributed by atoms with Crippen LogP contribution in [0.4, 0.5) is 4.79 Å². The number of amides is 2. The van der Waals surface area contributed by atoms with Gasteiger partial charge in [-0.3, -0.25) is 4.79 Å². The first-order valence-electron chi connectivity index (χ1n) is 6.18. The van der Waals surface area contributed by atoms with Crippen LogP contribution in [0.2, 0.25) is 0 Å². The lowest BCUT2D eigenvalue weighted by molar-refractivity contribution is -0.138. The normalized spacial score (nSPS) is 12.2. The van der Waals surface area contributed by atoms with Gasteiger partial charge in [-0.05, 0) is 24.5 Å². The van der Waals surface area contributed by atoms with Crippen LogP contribution in [0.3, 0.4) is 0 Å². The highest BCUT2D eigenvalue weighted by Crippen LogP contribution is 2.14. The molecule has 2 amide bonds. The summed E-state index contributed by atoms with van der Waals surface area (Å²) in [7, 11) is 0. The summed E-state index contributed by atoms with van der Waals surface area (Å²) in [5, 5.41) is 14.3. The van der Waals surface area contributed by atoms with Crippen molar-refractivity contribution >= 4 is 23.8 Å². The summed E-state index contributed by atoms with van der Waals surface area (Å²) in [6.07, 6.45) is 2.88. The molecule has 3 N–H and O–H groups in total. The molecule has 0 bridgehead atoms. The van der Waals surface area contributed by atoms with Crippen molar-refractivity contribution in [3.63, 3.8) is 0 Å². The molecule has 5 nitrogen and oxygen atoms in total. The second-order valence-corrected chi connectivity index (χ2v) is 5.71. The van der Waals surface area contributed by atoms with Crippen LogP contribution < -0.4 is 10.6 Å². The standard InChI is InChI=1S/C12H24N2O3S/c1-9(2)6-10(7-11(15)16)8-14-12(17)13-4-5-18-3/h9-10H,4-8H2,1-3H3,(H,15,16)(H2,13,14,17)/t10-/m0/s1. The molecule has 0 radical (unpaired) electrons. The summed E-state index contributed by atoms with van der Waals surface area (Å²) in [5.74, 6) is 0.479. The number of carbonyl (C=O) groups excluding carboxylic acids is 1. The second-order valence-electron chi connectivity index (χ2n) is 4.72. The monoisotopic (exact) mass is 276 g/mol. The molecular formula is C12H24N2O3S. The zero-order valence-corrected chi connectivity index (χ0v) is 12.2. The summed E-state index contributed by atoms with van der Waals surface area (Å²) in [4.78, 5) is 22.1.